The van der Waals surface area contributed by atoms with Crippen LogP contribution < -0.4 is 0 Å². The van der Waals surface area contributed by atoms with Gasteiger partial charge in [0.05, 0.1) is 17.1 Å². The van der Waals surface area contributed by atoms with E-state index in [-0.39, 0.29) is 0 Å². The highest BCUT2D eigenvalue weighted by Gasteiger charge is 1.97. The van der Waals surface area contributed by atoms with E-state index in [1.54, 1.807) is 12.3 Å². The van der Waals surface area contributed by atoms with Crippen molar-refractivity contribution in [2.75, 3.05) is 0 Å². The Morgan fingerprint density at radius 3 is 2.75 bits per heavy atom. The van der Waals surface area contributed by atoms with Crippen molar-refractivity contribution in [1.29, 1.82) is 0 Å². The Bertz CT molecular complexity index is 314. The molecule has 0 fully saturated rings. The van der Waals surface area contributed by atoms with Gasteiger partial charge >= 0.3 is 0 Å². The molecule has 1 aromatic rings. The number of hydrogen-bond donors (Lipinski definition) is 0. The van der Waals surface area contributed by atoms with Crippen LogP contribution in [-0.4, -0.2) is 9.97 Å². The van der Waals surface area contributed by atoms with Crippen molar-refractivity contribution in [2.24, 2.45) is 0 Å². The zero-order chi connectivity index (χ0) is 8.97. The highest BCUT2D eigenvalue weighted by molar-refractivity contribution is 5.57. The first-order chi connectivity index (χ1) is 5.77. The fourth-order valence-corrected chi connectivity index (χ4v) is 0.943. The molecule has 0 amide bonds. The van der Waals surface area contributed by atoms with Crippen molar-refractivity contribution in [2.45, 2.75) is 13.8 Å². The van der Waals surface area contributed by atoms with Gasteiger partial charge in [0, 0.05) is 6.20 Å². The molecular formula is C10H12N2. The van der Waals surface area contributed by atoms with E-state index in [0.29, 0.717) is 0 Å². The molecule has 0 aromatic carbocycles. The van der Waals surface area contributed by atoms with Crippen LogP contribution in [0.1, 0.15) is 24.0 Å². The Morgan fingerprint density at radius 2 is 2.17 bits per heavy atom. The second kappa shape index (κ2) is 3.81. The van der Waals surface area contributed by atoms with Gasteiger partial charge in [0.1, 0.15) is 0 Å². The van der Waals surface area contributed by atoms with Gasteiger partial charge in [0.2, 0.25) is 0 Å². The summed E-state index contributed by atoms with van der Waals surface area (Å²) in [6, 6.07) is 0. The lowest BCUT2D eigenvalue weighted by molar-refractivity contribution is 1.09. The average Bonchev–Trinajstić information content (AvgIpc) is 2.05. The Morgan fingerprint density at radius 1 is 1.42 bits per heavy atom. The van der Waals surface area contributed by atoms with Gasteiger partial charge in [-0.15, -0.1) is 0 Å². The van der Waals surface area contributed by atoms with E-state index in [4.69, 9.17) is 0 Å². The topological polar surface area (TPSA) is 25.8 Å². The van der Waals surface area contributed by atoms with Crippen molar-refractivity contribution in [1.82, 2.24) is 9.97 Å². The Hall–Kier alpha value is -1.44. The summed E-state index contributed by atoms with van der Waals surface area (Å²) in [5.74, 6) is 0. The number of hydrogen-bond acceptors (Lipinski definition) is 2. The van der Waals surface area contributed by atoms with Gasteiger partial charge in [-0.1, -0.05) is 12.7 Å². The number of rotatable bonds is 2. The predicted octanol–water partition coefficient (Wildman–Crippen LogP) is 2.46. The SMILES string of the molecule is C=Cc1ncc(C)nc1/C=C\C. The second-order valence-corrected chi connectivity index (χ2v) is 2.49. The third-order valence-electron chi connectivity index (χ3n) is 1.47. The lowest BCUT2D eigenvalue weighted by Crippen LogP contribution is -1.93. The van der Waals surface area contributed by atoms with E-state index in [1.165, 1.54) is 0 Å². The van der Waals surface area contributed by atoms with Crippen LogP contribution in [0, 0.1) is 6.92 Å². The summed E-state index contributed by atoms with van der Waals surface area (Å²) in [5.41, 5.74) is 2.64. The summed E-state index contributed by atoms with van der Waals surface area (Å²) in [5, 5.41) is 0. The maximum Gasteiger partial charge on any atom is 0.0886 e. The zero-order valence-electron chi connectivity index (χ0n) is 7.41. The van der Waals surface area contributed by atoms with Crippen LogP contribution in [0.3, 0.4) is 0 Å². The van der Waals surface area contributed by atoms with Crippen LogP contribution in [0.4, 0.5) is 0 Å². The number of allylic oxidation sites excluding steroid dienone is 1. The Kier molecular flexibility index (Phi) is 2.75. The lowest BCUT2D eigenvalue weighted by Gasteiger charge is -1.99. The third-order valence-corrected chi connectivity index (χ3v) is 1.47. The zero-order valence-corrected chi connectivity index (χ0v) is 7.41. The molecule has 0 aliphatic carbocycles. The normalized spacial score (nSPS) is 10.5. The molecule has 0 saturated carbocycles. The molecule has 2 heteroatoms. The Balaban J connectivity index is 3.20. The molecule has 0 aliphatic rings. The summed E-state index contributed by atoms with van der Waals surface area (Å²) in [6.07, 6.45) is 7.32. The summed E-state index contributed by atoms with van der Waals surface area (Å²) >= 11 is 0. The van der Waals surface area contributed by atoms with Crippen LogP contribution in [0.25, 0.3) is 12.2 Å². The number of aryl methyl sites for hydroxylation is 1. The largest absolute Gasteiger partial charge is 0.253 e. The number of nitrogens with zero attached hydrogens (tertiary/aromatic N) is 2. The maximum atomic E-state index is 4.31. The molecule has 0 bridgehead atoms. The fourth-order valence-electron chi connectivity index (χ4n) is 0.943. The summed E-state index contributed by atoms with van der Waals surface area (Å²) < 4.78 is 0. The smallest absolute Gasteiger partial charge is 0.0886 e. The van der Waals surface area contributed by atoms with Crippen molar-refractivity contribution >= 4 is 12.2 Å². The van der Waals surface area contributed by atoms with E-state index in [2.05, 4.69) is 16.5 Å². The molecule has 0 spiro atoms. The molecule has 1 aromatic heterocycles. The maximum absolute atomic E-state index is 4.31. The molecule has 0 radical (unpaired) electrons. The molecule has 2 nitrogen and oxygen atoms in total. The standard InChI is InChI=1S/C10H12N2/c1-4-6-10-9(5-2)11-7-8(3)12-10/h4-7H,2H2,1,3H3/b6-4-. The van der Waals surface area contributed by atoms with Crippen molar-refractivity contribution in [3.63, 3.8) is 0 Å². The minimum Gasteiger partial charge on any atom is -0.253 e. The molecule has 0 aliphatic heterocycles. The summed E-state index contributed by atoms with van der Waals surface area (Å²) in [7, 11) is 0. The van der Waals surface area contributed by atoms with Gasteiger partial charge < -0.3 is 0 Å². The fraction of sp³-hybridized carbons (Fsp3) is 0.200. The van der Waals surface area contributed by atoms with Gasteiger partial charge in [-0.05, 0) is 26.0 Å². The van der Waals surface area contributed by atoms with E-state index in [9.17, 15) is 0 Å². The van der Waals surface area contributed by atoms with Gasteiger partial charge in [0.25, 0.3) is 0 Å². The van der Waals surface area contributed by atoms with Gasteiger partial charge in [0.15, 0.2) is 0 Å². The quantitative estimate of drug-likeness (QED) is 0.664. The third kappa shape index (κ3) is 1.78. The minimum absolute atomic E-state index is 0.832. The summed E-state index contributed by atoms with van der Waals surface area (Å²) in [4.78, 5) is 8.50. The van der Waals surface area contributed by atoms with Crippen LogP contribution >= 0.6 is 0 Å². The van der Waals surface area contributed by atoms with Crippen LogP contribution in [0.2, 0.25) is 0 Å². The molecular weight excluding hydrogens is 148 g/mol. The molecule has 1 rings (SSSR count). The first-order valence-electron chi connectivity index (χ1n) is 3.86. The molecule has 0 saturated heterocycles. The van der Waals surface area contributed by atoms with Gasteiger partial charge in [-0.25, -0.2) is 4.98 Å². The Labute approximate surface area is 72.7 Å². The molecule has 0 N–H and O–H groups in total. The lowest BCUT2D eigenvalue weighted by atomic mass is 10.2. The van der Waals surface area contributed by atoms with Gasteiger partial charge in [-0.3, -0.25) is 4.98 Å². The average molecular weight is 160 g/mol. The first kappa shape index (κ1) is 8.65. The van der Waals surface area contributed by atoms with Crippen molar-refractivity contribution in [3.8, 4) is 0 Å². The molecule has 12 heavy (non-hydrogen) atoms. The highest BCUT2D eigenvalue weighted by atomic mass is 14.8. The highest BCUT2D eigenvalue weighted by Crippen LogP contribution is 2.06. The molecule has 62 valence electrons. The number of aromatic nitrogens is 2. The van der Waals surface area contributed by atoms with E-state index in [1.807, 2.05) is 26.0 Å². The minimum atomic E-state index is 0.832. The van der Waals surface area contributed by atoms with Crippen molar-refractivity contribution in [3.05, 3.63) is 35.9 Å². The van der Waals surface area contributed by atoms with E-state index in [0.717, 1.165) is 17.1 Å². The molecule has 0 atom stereocenters. The summed E-state index contributed by atoms with van der Waals surface area (Å²) in [6.45, 7) is 7.55. The molecule has 0 unspecified atom stereocenters. The van der Waals surface area contributed by atoms with E-state index >= 15 is 0 Å². The monoisotopic (exact) mass is 160 g/mol. The second-order valence-electron chi connectivity index (χ2n) is 2.49. The van der Waals surface area contributed by atoms with Crippen molar-refractivity contribution < 1.29 is 0 Å². The van der Waals surface area contributed by atoms with E-state index < -0.39 is 0 Å². The first-order valence-corrected chi connectivity index (χ1v) is 3.86. The van der Waals surface area contributed by atoms with Gasteiger partial charge in [-0.2, -0.15) is 0 Å². The molecule has 1 heterocycles. The van der Waals surface area contributed by atoms with Crippen LogP contribution in [-0.2, 0) is 0 Å². The van der Waals surface area contributed by atoms with Crippen LogP contribution in [0.5, 0.6) is 0 Å². The van der Waals surface area contributed by atoms with Crippen LogP contribution in [0.15, 0.2) is 18.9 Å². The predicted molar refractivity (Wildman–Crippen MR) is 51.6 cm³/mol.